The van der Waals surface area contributed by atoms with Crippen molar-refractivity contribution in [2.24, 2.45) is 0 Å². The highest BCUT2D eigenvalue weighted by atomic mass is 35.5. The van der Waals surface area contributed by atoms with Crippen molar-refractivity contribution in [3.05, 3.63) is 45.6 Å². The number of carbonyl (C=O) groups excluding carboxylic acids is 2. The highest BCUT2D eigenvalue weighted by molar-refractivity contribution is 7.17. The summed E-state index contributed by atoms with van der Waals surface area (Å²) in [4.78, 5) is 28.8. The fourth-order valence-electron chi connectivity index (χ4n) is 3.50. The molecule has 0 saturated carbocycles. The Kier molecular flexibility index (Phi) is 5.94. The van der Waals surface area contributed by atoms with Crippen LogP contribution < -0.4 is 15.1 Å². The number of anilines is 2. The molecule has 0 spiro atoms. The molecule has 1 N–H and O–H groups in total. The van der Waals surface area contributed by atoms with Gasteiger partial charge in [0.15, 0.2) is 0 Å². The summed E-state index contributed by atoms with van der Waals surface area (Å²) in [6.45, 7) is 5.05. The van der Waals surface area contributed by atoms with Gasteiger partial charge in [-0.3, -0.25) is 9.69 Å². The first-order valence-electron chi connectivity index (χ1n) is 9.47. The van der Waals surface area contributed by atoms with E-state index in [1.807, 2.05) is 24.3 Å². The Balaban J connectivity index is 1.34. The molecule has 0 radical (unpaired) electrons. The predicted molar refractivity (Wildman–Crippen MR) is 113 cm³/mol. The summed E-state index contributed by atoms with van der Waals surface area (Å²) in [7, 11) is 0. The van der Waals surface area contributed by atoms with Crippen LogP contribution in [0.25, 0.3) is 0 Å². The molecule has 1 aromatic carbocycles. The van der Waals surface area contributed by atoms with Crippen LogP contribution in [-0.2, 0) is 9.47 Å². The number of rotatable bonds is 5. The van der Waals surface area contributed by atoms with Crippen molar-refractivity contribution in [1.29, 1.82) is 0 Å². The number of amides is 2. The third kappa shape index (κ3) is 4.49. The molecule has 2 atom stereocenters. The van der Waals surface area contributed by atoms with Crippen LogP contribution in [-0.4, -0.2) is 57.0 Å². The lowest BCUT2D eigenvalue weighted by atomic mass is 10.2. The van der Waals surface area contributed by atoms with Gasteiger partial charge in [-0.1, -0.05) is 11.6 Å². The van der Waals surface area contributed by atoms with Crippen molar-refractivity contribution in [1.82, 2.24) is 5.32 Å². The summed E-state index contributed by atoms with van der Waals surface area (Å²) in [6.07, 6.45) is -0.809. The van der Waals surface area contributed by atoms with E-state index in [0.717, 1.165) is 24.5 Å². The number of halogens is 1. The van der Waals surface area contributed by atoms with E-state index in [1.54, 1.807) is 17.0 Å². The standard InChI is InChI=1S/C20H22ClN3O4S/c1-13-12-27-9-8-23(13)14-2-4-15(5-3-14)24-11-16(28-20(24)26)10-22-19(25)17-6-7-18(21)29-17/h2-7,13,16H,8-12H2,1H3,(H,22,25)/t13?,16-/m0/s1. The number of carbonyl (C=O) groups is 2. The second-order valence-electron chi connectivity index (χ2n) is 7.06. The van der Waals surface area contributed by atoms with Gasteiger partial charge in [0.1, 0.15) is 6.10 Å². The van der Waals surface area contributed by atoms with Crippen molar-refractivity contribution >= 4 is 46.3 Å². The van der Waals surface area contributed by atoms with E-state index in [9.17, 15) is 9.59 Å². The van der Waals surface area contributed by atoms with E-state index in [4.69, 9.17) is 21.1 Å². The topological polar surface area (TPSA) is 71.1 Å². The molecule has 2 aliphatic heterocycles. The van der Waals surface area contributed by atoms with Gasteiger partial charge in [-0.15, -0.1) is 11.3 Å². The molecule has 0 aliphatic carbocycles. The van der Waals surface area contributed by atoms with Crippen LogP contribution >= 0.6 is 22.9 Å². The Morgan fingerprint density at radius 2 is 2.00 bits per heavy atom. The molecule has 2 amide bonds. The maximum atomic E-state index is 12.3. The molecule has 0 bridgehead atoms. The fourth-order valence-corrected chi connectivity index (χ4v) is 4.46. The number of cyclic esters (lactones) is 1. The highest BCUT2D eigenvalue weighted by Gasteiger charge is 2.32. The maximum Gasteiger partial charge on any atom is 0.414 e. The van der Waals surface area contributed by atoms with E-state index < -0.39 is 12.2 Å². The van der Waals surface area contributed by atoms with Crippen LogP contribution in [0.5, 0.6) is 0 Å². The first-order chi connectivity index (χ1) is 14.0. The number of ether oxygens (including phenoxy) is 2. The summed E-state index contributed by atoms with van der Waals surface area (Å²) in [5.41, 5.74) is 1.88. The largest absolute Gasteiger partial charge is 0.442 e. The minimum absolute atomic E-state index is 0.222. The van der Waals surface area contributed by atoms with Gasteiger partial charge in [0.25, 0.3) is 5.91 Å². The Hall–Kier alpha value is -2.29. The van der Waals surface area contributed by atoms with Crippen LogP contribution in [0.1, 0.15) is 16.6 Å². The highest BCUT2D eigenvalue weighted by Crippen LogP contribution is 2.27. The summed E-state index contributed by atoms with van der Waals surface area (Å²) < 4.78 is 11.5. The number of nitrogens with one attached hydrogen (secondary N) is 1. The van der Waals surface area contributed by atoms with E-state index in [1.165, 1.54) is 11.3 Å². The smallest absolute Gasteiger partial charge is 0.414 e. The first kappa shape index (κ1) is 20.0. The van der Waals surface area contributed by atoms with Crippen molar-refractivity contribution < 1.29 is 19.1 Å². The molecule has 2 saturated heterocycles. The van der Waals surface area contributed by atoms with Gasteiger partial charge >= 0.3 is 6.09 Å². The molecule has 2 aromatic rings. The van der Waals surface area contributed by atoms with E-state index >= 15 is 0 Å². The second kappa shape index (κ2) is 8.61. The zero-order valence-corrected chi connectivity index (χ0v) is 17.5. The number of benzene rings is 1. The van der Waals surface area contributed by atoms with Crippen molar-refractivity contribution in [3.63, 3.8) is 0 Å². The molecule has 2 fully saturated rings. The van der Waals surface area contributed by atoms with Gasteiger partial charge in [-0.05, 0) is 43.3 Å². The summed E-state index contributed by atoms with van der Waals surface area (Å²) in [5, 5.41) is 2.79. The van der Waals surface area contributed by atoms with Gasteiger partial charge in [0.05, 0.1) is 35.5 Å². The molecule has 9 heteroatoms. The zero-order chi connectivity index (χ0) is 20.4. The summed E-state index contributed by atoms with van der Waals surface area (Å²) >= 11 is 7.07. The molecule has 3 heterocycles. The number of hydrogen-bond acceptors (Lipinski definition) is 6. The number of morpholine rings is 1. The van der Waals surface area contributed by atoms with Crippen LogP contribution in [0.4, 0.5) is 16.2 Å². The van der Waals surface area contributed by atoms with Crippen LogP contribution in [0.15, 0.2) is 36.4 Å². The number of hydrogen-bond donors (Lipinski definition) is 1. The Morgan fingerprint density at radius 1 is 1.24 bits per heavy atom. The molecule has 2 aliphatic rings. The lowest BCUT2D eigenvalue weighted by Crippen LogP contribution is -2.43. The third-order valence-electron chi connectivity index (χ3n) is 5.02. The fraction of sp³-hybridized carbons (Fsp3) is 0.400. The number of nitrogens with zero attached hydrogens (tertiary/aromatic N) is 2. The van der Waals surface area contributed by atoms with Crippen molar-refractivity contribution in [2.75, 3.05) is 42.6 Å². The molecular formula is C20H22ClN3O4S. The molecule has 154 valence electrons. The molecule has 29 heavy (non-hydrogen) atoms. The molecular weight excluding hydrogens is 414 g/mol. The summed E-state index contributed by atoms with van der Waals surface area (Å²) in [5.74, 6) is -0.222. The van der Waals surface area contributed by atoms with Gasteiger partial charge in [0, 0.05) is 24.0 Å². The minimum atomic E-state index is -0.407. The van der Waals surface area contributed by atoms with Gasteiger partial charge in [-0.25, -0.2) is 4.79 Å². The van der Waals surface area contributed by atoms with Crippen molar-refractivity contribution in [3.8, 4) is 0 Å². The molecule has 7 nitrogen and oxygen atoms in total. The lowest BCUT2D eigenvalue weighted by Gasteiger charge is -2.35. The van der Waals surface area contributed by atoms with Crippen molar-refractivity contribution in [2.45, 2.75) is 19.1 Å². The monoisotopic (exact) mass is 435 g/mol. The predicted octanol–water partition coefficient (Wildman–Crippen LogP) is 3.38. The molecule has 4 rings (SSSR count). The normalized spacial score (nSPS) is 21.9. The molecule has 1 unspecified atom stereocenters. The Labute approximate surface area is 178 Å². The van der Waals surface area contributed by atoms with E-state index in [-0.39, 0.29) is 12.5 Å². The van der Waals surface area contributed by atoms with Gasteiger partial charge in [0.2, 0.25) is 0 Å². The average molecular weight is 436 g/mol. The number of thiophene rings is 1. The third-order valence-corrected chi connectivity index (χ3v) is 6.25. The van der Waals surface area contributed by atoms with Crippen LogP contribution in [0.2, 0.25) is 4.34 Å². The van der Waals surface area contributed by atoms with E-state index in [2.05, 4.69) is 17.1 Å². The quantitative estimate of drug-likeness (QED) is 0.779. The molecule has 1 aromatic heterocycles. The van der Waals surface area contributed by atoms with Gasteiger partial charge in [-0.2, -0.15) is 0 Å². The Bertz CT molecular complexity index is 888. The zero-order valence-electron chi connectivity index (χ0n) is 16.0. The SMILES string of the molecule is CC1COCCN1c1ccc(N2C[C@H](CNC(=O)c3ccc(Cl)s3)OC2=O)cc1. The maximum absolute atomic E-state index is 12.3. The Morgan fingerprint density at radius 3 is 2.69 bits per heavy atom. The van der Waals surface area contributed by atoms with Crippen LogP contribution in [0.3, 0.4) is 0 Å². The summed E-state index contributed by atoms with van der Waals surface area (Å²) in [6, 6.07) is 11.5. The second-order valence-corrected chi connectivity index (χ2v) is 8.78. The van der Waals surface area contributed by atoms with Crippen LogP contribution in [0, 0.1) is 0 Å². The first-order valence-corrected chi connectivity index (χ1v) is 10.7. The van der Waals surface area contributed by atoms with Gasteiger partial charge < -0.3 is 19.7 Å². The van der Waals surface area contributed by atoms with E-state index in [0.29, 0.717) is 28.4 Å². The average Bonchev–Trinajstić information content (AvgIpc) is 3.32. The minimum Gasteiger partial charge on any atom is -0.442 e. The lowest BCUT2D eigenvalue weighted by molar-refractivity contribution is 0.0920.